The van der Waals surface area contributed by atoms with E-state index in [2.05, 4.69) is 303 Å². The van der Waals surface area contributed by atoms with Crippen molar-refractivity contribution in [2.24, 2.45) is 0 Å². The fourth-order valence-corrected chi connectivity index (χ4v) is 10.5. The molecule has 11 aromatic rings. The molecule has 12 rings (SSSR count). The molecular formula is C69H52N2. The first-order valence-electron chi connectivity index (χ1n) is 24.6. The molecule has 0 saturated carbocycles. The van der Waals surface area contributed by atoms with Gasteiger partial charge in [-0.3, -0.25) is 0 Å². The second-order valence-electron chi connectivity index (χ2n) is 19.0. The molecule has 0 aliphatic heterocycles. The molecular weight excluding hydrogens is 857 g/mol. The maximum atomic E-state index is 2.43. The van der Waals surface area contributed by atoms with Gasteiger partial charge in [0, 0.05) is 39.5 Å². The van der Waals surface area contributed by atoms with Gasteiger partial charge >= 0.3 is 0 Å². The van der Waals surface area contributed by atoms with Crippen molar-refractivity contribution in [3.8, 4) is 66.8 Å². The van der Waals surface area contributed by atoms with E-state index in [9.17, 15) is 0 Å². The van der Waals surface area contributed by atoms with Crippen LogP contribution in [-0.2, 0) is 5.41 Å². The third kappa shape index (κ3) is 8.41. The van der Waals surface area contributed by atoms with E-state index in [1.165, 1.54) is 77.9 Å². The van der Waals surface area contributed by atoms with Crippen molar-refractivity contribution in [2.45, 2.75) is 19.3 Å². The van der Waals surface area contributed by atoms with E-state index in [0.717, 1.165) is 34.1 Å². The summed E-state index contributed by atoms with van der Waals surface area (Å²) in [6.07, 6.45) is 0. The molecule has 0 N–H and O–H groups in total. The van der Waals surface area contributed by atoms with Crippen molar-refractivity contribution in [3.63, 3.8) is 0 Å². The highest BCUT2D eigenvalue weighted by Crippen LogP contribution is 2.53. The number of nitrogens with zero attached hydrogens (tertiary/aromatic N) is 2. The molecule has 0 amide bonds. The van der Waals surface area contributed by atoms with Crippen LogP contribution in [0.1, 0.15) is 25.0 Å². The molecule has 0 fully saturated rings. The Balaban J connectivity index is 0.918. The molecule has 0 heterocycles. The predicted molar refractivity (Wildman–Crippen MR) is 301 cm³/mol. The Labute approximate surface area is 418 Å². The van der Waals surface area contributed by atoms with Gasteiger partial charge in [0.1, 0.15) is 0 Å². The zero-order chi connectivity index (χ0) is 47.7. The van der Waals surface area contributed by atoms with Crippen LogP contribution < -0.4 is 9.80 Å². The molecule has 1 aliphatic rings. The third-order valence-corrected chi connectivity index (χ3v) is 14.3. The van der Waals surface area contributed by atoms with E-state index in [4.69, 9.17) is 0 Å². The van der Waals surface area contributed by atoms with Crippen LogP contribution in [0, 0.1) is 0 Å². The number of fused-ring (bicyclic) bond motifs is 3. The summed E-state index contributed by atoms with van der Waals surface area (Å²) >= 11 is 0. The van der Waals surface area contributed by atoms with Crippen molar-refractivity contribution in [1.29, 1.82) is 0 Å². The number of rotatable bonds is 11. The quantitative estimate of drug-likeness (QED) is 0.128. The standard InChI is InChI=1S/C69H52N2/c1-69(2)67-47-63(70(59-34-26-53(27-35-59)49-16-7-3-8-17-49)60-36-28-54(29-37-60)50-18-9-4-10-19-50)42-44-65(67)66-45-43-64(48-68(66)69)71(61-38-30-55(31-39-61)51-20-11-5-12-21-51)62-40-32-56(33-41-62)58-25-15-24-57(46-58)52-22-13-6-14-23-52/h3-48H,1-2H3. The first-order valence-corrected chi connectivity index (χ1v) is 24.6. The van der Waals surface area contributed by atoms with Crippen molar-refractivity contribution in [2.75, 3.05) is 9.80 Å². The molecule has 0 spiro atoms. The Bertz CT molecular complexity index is 3520. The van der Waals surface area contributed by atoms with Gasteiger partial charge in [0.15, 0.2) is 0 Å². The SMILES string of the molecule is CC1(C)c2cc(N(c3ccc(-c4ccccc4)cc3)c3ccc(-c4ccccc4)cc3)ccc2-c2ccc(N(c3ccc(-c4ccccc4)cc3)c3ccc(-c4cccc(-c5ccccc5)c4)cc3)cc21. The third-order valence-electron chi connectivity index (χ3n) is 14.3. The largest absolute Gasteiger partial charge is 0.310 e. The molecule has 11 aromatic carbocycles. The van der Waals surface area contributed by atoms with Gasteiger partial charge in [-0.1, -0.05) is 214 Å². The van der Waals surface area contributed by atoms with Crippen LogP contribution in [0.15, 0.2) is 279 Å². The minimum atomic E-state index is -0.285. The van der Waals surface area contributed by atoms with E-state index in [1.54, 1.807) is 0 Å². The number of benzene rings is 11. The lowest BCUT2D eigenvalue weighted by Crippen LogP contribution is -2.17. The summed E-state index contributed by atoms with van der Waals surface area (Å²) < 4.78 is 0. The fraction of sp³-hybridized carbons (Fsp3) is 0.0435. The number of hydrogen-bond donors (Lipinski definition) is 0. The zero-order valence-corrected chi connectivity index (χ0v) is 40.0. The summed E-state index contributed by atoms with van der Waals surface area (Å²) in [6, 6.07) is 101. The minimum Gasteiger partial charge on any atom is -0.310 e. The lowest BCUT2D eigenvalue weighted by Gasteiger charge is -2.29. The Morgan fingerprint density at radius 2 is 0.451 bits per heavy atom. The highest BCUT2D eigenvalue weighted by atomic mass is 15.1. The highest BCUT2D eigenvalue weighted by Gasteiger charge is 2.37. The molecule has 0 atom stereocenters. The van der Waals surface area contributed by atoms with Crippen molar-refractivity contribution < 1.29 is 0 Å². The highest BCUT2D eigenvalue weighted by molar-refractivity contribution is 5.89. The maximum absolute atomic E-state index is 2.43. The van der Waals surface area contributed by atoms with Crippen molar-refractivity contribution in [3.05, 3.63) is 290 Å². The van der Waals surface area contributed by atoms with Crippen LogP contribution in [0.3, 0.4) is 0 Å². The molecule has 0 radical (unpaired) electrons. The first kappa shape index (κ1) is 43.3. The Morgan fingerprint density at radius 3 is 0.761 bits per heavy atom. The van der Waals surface area contributed by atoms with E-state index >= 15 is 0 Å². The zero-order valence-electron chi connectivity index (χ0n) is 40.0. The smallest absolute Gasteiger partial charge is 0.0465 e. The fourth-order valence-electron chi connectivity index (χ4n) is 10.5. The van der Waals surface area contributed by atoms with Crippen molar-refractivity contribution >= 4 is 34.1 Å². The molecule has 0 aromatic heterocycles. The van der Waals surface area contributed by atoms with Gasteiger partial charge < -0.3 is 9.80 Å². The van der Waals surface area contributed by atoms with Gasteiger partial charge in [-0.05, 0) is 157 Å². The van der Waals surface area contributed by atoms with Crippen LogP contribution in [0.25, 0.3) is 66.8 Å². The van der Waals surface area contributed by atoms with E-state index < -0.39 is 0 Å². The molecule has 2 heteroatoms. The van der Waals surface area contributed by atoms with Gasteiger partial charge in [0.25, 0.3) is 0 Å². The summed E-state index contributed by atoms with van der Waals surface area (Å²) in [5.74, 6) is 0. The van der Waals surface area contributed by atoms with Gasteiger partial charge in [-0.25, -0.2) is 0 Å². The van der Waals surface area contributed by atoms with Gasteiger partial charge in [-0.2, -0.15) is 0 Å². The van der Waals surface area contributed by atoms with Gasteiger partial charge in [-0.15, -0.1) is 0 Å². The van der Waals surface area contributed by atoms with Gasteiger partial charge in [0.05, 0.1) is 0 Å². The lowest BCUT2D eigenvalue weighted by molar-refractivity contribution is 0.660. The van der Waals surface area contributed by atoms with Crippen LogP contribution in [0.4, 0.5) is 34.1 Å². The molecule has 0 unspecified atom stereocenters. The monoisotopic (exact) mass is 908 g/mol. The topological polar surface area (TPSA) is 6.48 Å². The summed E-state index contributed by atoms with van der Waals surface area (Å²) in [5, 5.41) is 0. The van der Waals surface area contributed by atoms with Crippen molar-refractivity contribution in [1.82, 2.24) is 0 Å². The Kier molecular flexibility index (Phi) is 11.3. The molecule has 2 nitrogen and oxygen atoms in total. The van der Waals surface area contributed by atoms with Gasteiger partial charge in [0.2, 0.25) is 0 Å². The van der Waals surface area contributed by atoms with Crippen LogP contribution in [0.2, 0.25) is 0 Å². The summed E-state index contributed by atoms with van der Waals surface area (Å²) in [7, 11) is 0. The first-order chi connectivity index (χ1) is 34.9. The molecule has 1 aliphatic carbocycles. The minimum absolute atomic E-state index is 0.285. The van der Waals surface area contributed by atoms with Crippen LogP contribution >= 0.6 is 0 Å². The Hall–Kier alpha value is -8.98. The average Bonchev–Trinajstić information content (AvgIpc) is 3.67. The molecule has 0 bridgehead atoms. The lowest BCUT2D eigenvalue weighted by atomic mass is 9.82. The molecule has 338 valence electrons. The van der Waals surface area contributed by atoms with E-state index in [-0.39, 0.29) is 5.41 Å². The van der Waals surface area contributed by atoms with E-state index in [1.807, 2.05) is 0 Å². The number of anilines is 6. The molecule has 0 saturated heterocycles. The second-order valence-corrected chi connectivity index (χ2v) is 19.0. The average molecular weight is 909 g/mol. The summed E-state index contributed by atoms with van der Waals surface area (Å²) in [6.45, 7) is 4.77. The van der Waals surface area contributed by atoms with Crippen LogP contribution in [-0.4, -0.2) is 0 Å². The summed E-state index contributed by atoms with van der Waals surface area (Å²) in [5.41, 5.74) is 23.6. The second kappa shape index (κ2) is 18.5. The summed E-state index contributed by atoms with van der Waals surface area (Å²) in [4.78, 5) is 4.81. The number of hydrogen-bond acceptors (Lipinski definition) is 2. The normalized spacial score (nSPS) is 12.2. The molecule has 71 heavy (non-hydrogen) atoms. The Morgan fingerprint density at radius 1 is 0.211 bits per heavy atom. The van der Waals surface area contributed by atoms with E-state index in [0.29, 0.717) is 0 Å². The van der Waals surface area contributed by atoms with Crippen LogP contribution in [0.5, 0.6) is 0 Å². The maximum Gasteiger partial charge on any atom is 0.0465 e. The predicted octanol–water partition coefficient (Wildman–Crippen LogP) is 19.3.